The summed E-state index contributed by atoms with van der Waals surface area (Å²) in [6, 6.07) is 0. The number of hydrogen-bond donors (Lipinski definition) is 1. The molecule has 0 aliphatic heterocycles. The first-order valence-electron chi connectivity index (χ1n) is 18.3. The van der Waals surface area contributed by atoms with E-state index in [9.17, 15) is 0 Å². The highest BCUT2D eigenvalue weighted by Crippen LogP contribution is 2.17. The van der Waals surface area contributed by atoms with Crippen molar-refractivity contribution in [2.75, 3.05) is 208 Å². The molecule has 0 spiro atoms. The normalized spacial score (nSPS) is 11.4. The van der Waals surface area contributed by atoms with E-state index in [1.54, 1.807) is 28.4 Å². The van der Waals surface area contributed by atoms with Crippen LogP contribution in [0.1, 0.15) is 13.3 Å². The van der Waals surface area contributed by atoms with Crippen molar-refractivity contribution in [1.29, 1.82) is 0 Å². The summed E-state index contributed by atoms with van der Waals surface area (Å²) in [5, 5.41) is 3.34. The van der Waals surface area contributed by atoms with Gasteiger partial charge < -0.3 is 72.0 Å². The highest BCUT2D eigenvalue weighted by Gasteiger charge is 2.18. The summed E-state index contributed by atoms with van der Waals surface area (Å²) in [4.78, 5) is 18.6. The van der Waals surface area contributed by atoms with Crippen LogP contribution in [0.3, 0.4) is 0 Å². The fourth-order valence-electron chi connectivity index (χ4n) is 4.13. The van der Waals surface area contributed by atoms with Gasteiger partial charge in [-0.3, -0.25) is 0 Å². The number of nitrogens with one attached hydrogen (secondary N) is 1. The molecule has 18 heteroatoms. The third-order valence-electron chi connectivity index (χ3n) is 6.95. The topological polar surface area (TPSA) is 168 Å². The van der Waals surface area contributed by atoms with E-state index in [1.807, 2.05) is 9.80 Å². The van der Waals surface area contributed by atoms with E-state index < -0.39 is 0 Å². The number of rotatable bonds is 41. The van der Waals surface area contributed by atoms with Crippen LogP contribution < -0.4 is 15.1 Å². The second kappa shape index (κ2) is 37.3. The molecule has 0 radical (unpaired) electrons. The molecule has 52 heavy (non-hydrogen) atoms. The van der Waals surface area contributed by atoms with Crippen LogP contribution in [0.2, 0.25) is 0 Å². The Morgan fingerprint density at radius 1 is 0.385 bits per heavy atom. The lowest BCUT2D eigenvalue weighted by atomic mass is 10.4. The first kappa shape index (κ1) is 48.0. The summed E-state index contributed by atoms with van der Waals surface area (Å²) >= 11 is 0. The minimum absolute atomic E-state index is 0.441. The molecule has 18 nitrogen and oxygen atoms in total. The van der Waals surface area contributed by atoms with Gasteiger partial charge in [0, 0.05) is 61.2 Å². The van der Waals surface area contributed by atoms with Crippen molar-refractivity contribution in [2.24, 2.45) is 0 Å². The molecule has 0 fully saturated rings. The monoisotopic (exact) mass is 752 g/mol. The lowest BCUT2D eigenvalue weighted by Gasteiger charge is -2.27. The van der Waals surface area contributed by atoms with Gasteiger partial charge in [-0.15, -0.1) is 0 Å². The maximum atomic E-state index is 5.89. The Labute approximate surface area is 311 Å². The zero-order valence-corrected chi connectivity index (χ0v) is 32.5. The van der Waals surface area contributed by atoms with Gasteiger partial charge in [-0.1, -0.05) is 6.92 Å². The molecule has 1 aromatic heterocycles. The van der Waals surface area contributed by atoms with Crippen LogP contribution in [0.25, 0.3) is 0 Å². The van der Waals surface area contributed by atoms with Gasteiger partial charge in [0.25, 0.3) is 0 Å². The Morgan fingerprint density at radius 3 is 0.923 bits per heavy atom. The van der Waals surface area contributed by atoms with Crippen LogP contribution in [0.4, 0.5) is 17.8 Å². The number of aromatic nitrogens is 3. The zero-order valence-electron chi connectivity index (χ0n) is 32.5. The van der Waals surface area contributed by atoms with Gasteiger partial charge in [-0.25, -0.2) is 0 Å². The number of hydrogen-bond acceptors (Lipinski definition) is 18. The summed E-state index contributed by atoms with van der Waals surface area (Å²) in [5.41, 5.74) is 0. The lowest BCUT2D eigenvalue weighted by molar-refractivity contribution is 0.0234. The second-order valence-electron chi connectivity index (χ2n) is 11.0. The van der Waals surface area contributed by atoms with Gasteiger partial charge in [-0.05, 0) is 6.42 Å². The highest BCUT2D eigenvalue weighted by atomic mass is 16.6. The molecule has 0 saturated carbocycles. The van der Waals surface area contributed by atoms with Crippen molar-refractivity contribution < 1.29 is 56.8 Å². The number of anilines is 3. The summed E-state index contributed by atoms with van der Waals surface area (Å²) in [6.45, 7) is 14.7. The van der Waals surface area contributed by atoms with Crippen molar-refractivity contribution in [2.45, 2.75) is 13.3 Å². The van der Waals surface area contributed by atoms with E-state index in [0.29, 0.717) is 183 Å². The summed E-state index contributed by atoms with van der Waals surface area (Å²) in [7, 11) is 6.59. The van der Waals surface area contributed by atoms with Crippen LogP contribution in [-0.2, 0) is 56.8 Å². The molecular weight excluding hydrogens is 684 g/mol. The molecule has 0 bridgehead atoms. The minimum atomic E-state index is 0.441. The molecule has 1 N–H and O–H groups in total. The third-order valence-corrected chi connectivity index (χ3v) is 6.95. The predicted molar refractivity (Wildman–Crippen MR) is 197 cm³/mol. The van der Waals surface area contributed by atoms with Crippen molar-refractivity contribution in [3.05, 3.63) is 0 Å². The van der Waals surface area contributed by atoms with Crippen LogP contribution in [0.5, 0.6) is 0 Å². The Balaban J connectivity index is 3.05. The minimum Gasteiger partial charge on any atom is -0.382 e. The summed E-state index contributed by atoms with van der Waals surface area (Å²) in [6.07, 6.45) is 0.908. The molecule has 0 atom stereocenters. The molecule has 0 saturated heterocycles. The molecule has 306 valence electrons. The fraction of sp³-hybridized carbons (Fsp3) is 0.912. The van der Waals surface area contributed by atoms with Crippen LogP contribution in [-0.4, -0.2) is 208 Å². The van der Waals surface area contributed by atoms with Crippen LogP contribution in [0, 0.1) is 0 Å². The van der Waals surface area contributed by atoms with Crippen LogP contribution >= 0.6 is 0 Å². The average molecular weight is 753 g/mol. The molecule has 0 aromatic carbocycles. The van der Waals surface area contributed by atoms with Crippen molar-refractivity contribution in [3.63, 3.8) is 0 Å². The second-order valence-corrected chi connectivity index (χ2v) is 11.0. The van der Waals surface area contributed by atoms with Gasteiger partial charge in [0.15, 0.2) is 0 Å². The fourth-order valence-corrected chi connectivity index (χ4v) is 4.13. The first-order valence-corrected chi connectivity index (χ1v) is 18.3. The smallest absolute Gasteiger partial charge is 0.232 e. The van der Waals surface area contributed by atoms with Gasteiger partial charge in [0.2, 0.25) is 17.8 Å². The maximum Gasteiger partial charge on any atom is 0.232 e. The largest absolute Gasteiger partial charge is 0.382 e. The molecular formula is C34H68N6O12. The van der Waals surface area contributed by atoms with Crippen molar-refractivity contribution in [3.8, 4) is 0 Å². The number of ether oxygens (including phenoxy) is 12. The standard InChI is InChI=1S/C34H68N6O12/c1-6-7-35-32-36-33(39(8-12-45-24-28-49-20-16-41-2)9-13-46-25-29-50-21-17-42-3)38-34(37-32)40(10-14-47-26-30-51-22-18-43-4)11-15-48-27-31-52-23-19-44-5/h6-31H2,1-5H3,(H,35,36,37,38). The van der Waals surface area contributed by atoms with E-state index >= 15 is 0 Å². The van der Waals surface area contributed by atoms with E-state index in [1.165, 1.54) is 0 Å². The van der Waals surface area contributed by atoms with E-state index in [0.717, 1.165) is 6.42 Å². The Bertz CT molecular complexity index is 799. The highest BCUT2D eigenvalue weighted by molar-refractivity contribution is 5.45. The van der Waals surface area contributed by atoms with Crippen molar-refractivity contribution >= 4 is 17.8 Å². The molecule has 1 rings (SSSR count). The lowest BCUT2D eigenvalue weighted by Crippen LogP contribution is -2.36. The SMILES string of the molecule is CCCNc1nc(N(CCOCCOCCOC)CCOCCOCCOC)nc(N(CCOCCOCCOC)CCOCCOCCOC)n1. The van der Waals surface area contributed by atoms with Gasteiger partial charge in [0.1, 0.15) is 0 Å². The molecule has 0 aliphatic rings. The summed E-state index contributed by atoms with van der Waals surface area (Å²) < 4.78 is 65.8. The molecule has 1 aromatic rings. The van der Waals surface area contributed by atoms with Crippen LogP contribution in [0.15, 0.2) is 0 Å². The molecule has 0 amide bonds. The van der Waals surface area contributed by atoms with Gasteiger partial charge in [0.05, 0.1) is 132 Å². The number of nitrogens with zero attached hydrogens (tertiary/aromatic N) is 5. The zero-order chi connectivity index (χ0) is 37.6. The third kappa shape index (κ3) is 27.5. The van der Waals surface area contributed by atoms with E-state index in [-0.39, 0.29) is 0 Å². The quantitative estimate of drug-likeness (QED) is 0.0941. The average Bonchev–Trinajstić information content (AvgIpc) is 3.16. The van der Waals surface area contributed by atoms with Gasteiger partial charge in [-0.2, -0.15) is 15.0 Å². The molecule has 1 heterocycles. The van der Waals surface area contributed by atoms with Crippen molar-refractivity contribution in [1.82, 2.24) is 15.0 Å². The molecule has 0 aliphatic carbocycles. The van der Waals surface area contributed by atoms with Gasteiger partial charge >= 0.3 is 0 Å². The maximum absolute atomic E-state index is 5.89. The van der Waals surface area contributed by atoms with E-state index in [4.69, 9.17) is 71.8 Å². The Hall–Kier alpha value is -2.07. The number of methoxy groups -OCH3 is 4. The summed E-state index contributed by atoms with van der Waals surface area (Å²) in [5.74, 6) is 1.50. The first-order chi connectivity index (χ1) is 25.7. The van der Waals surface area contributed by atoms with E-state index in [2.05, 4.69) is 12.2 Å². The Morgan fingerprint density at radius 2 is 0.654 bits per heavy atom. The predicted octanol–water partition coefficient (Wildman–Crippen LogP) is 1.02. The molecule has 0 unspecified atom stereocenters. The Kier molecular flexibility index (Phi) is 34.4.